The second-order valence-electron chi connectivity index (χ2n) is 5.71. The van der Waals surface area contributed by atoms with Crippen molar-refractivity contribution >= 4 is 0 Å². The van der Waals surface area contributed by atoms with Crippen LogP contribution in [0.15, 0.2) is 0 Å². The molecule has 1 heterocycles. The van der Waals surface area contributed by atoms with Gasteiger partial charge in [-0.25, -0.2) is 0 Å². The van der Waals surface area contributed by atoms with Crippen molar-refractivity contribution in [1.29, 1.82) is 0 Å². The Kier molecular flexibility index (Phi) is 4.66. The van der Waals surface area contributed by atoms with E-state index in [0.717, 1.165) is 24.9 Å². The lowest BCUT2D eigenvalue weighted by Crippen LogP contribution is -2.31. The predicted octanol–water partition coefficient (Wildman–Crippen LogP) is 3.74. The zero-order valence-electron chi connectivity index (χ0n) is 10.8. The maximum absolute atomic E-state index is 6.04. The van der Waals surface area contributed by atoms with Crippen LogP contribution in [0.3, 0.4) is 0 Å². The van der Waals surface area contributed by atoms with Gasteiger partial charge in [0, 0.05) is 6.61 Å². The second-order valence-corrected chi connectivity index (χ2v) is 5.71. The summed E-state index contributed by atoms with van der Waals surface area (Å²) in [4.78, 5) is 0. The molecule has 0 N–H and O–H groups in total. The first kappa shape index (κ1) is 12.4. The van der Waals surface area contributed by atoms with Crippen LogP contribution in [0.2, 0.25) is 0 Å². The Morgan fingerprint density at radius 3 is 2.31 bits per heavy atom. The Morgan fingerprint density at radius 1 is 1.00 bits per heavy atom. The Balaban J connectivity index is 1.68. The van der Waals surface area contributed by atoms with Crippen LogP contribution in [0, 0.1) is 11.8 Å². The standard InChI is InChI=1S/C14H26O2/c1-11(2)12-6-8-13(9-7-12)16-14-5-3-4-10-15-14/h11-14H,3-10H2,1-2H3. The molecule has 0 amide bonds. The molecule has 94 valence electrons. The Bertz CT molecular complexity index is 189. The molecule has 0 spiro atoms. The summed E-state index contributed by atoms with van der Waals surface area (Å²) in [6.45, 7) is 5.58. The minimum Gasteiger partial charge on any atom is -0.353 e. The highest BCUT2D eigenvalue weighted by Gasteiger charge is 2.26. The van der Waals surface area contributed by atoms with Gasteiger partial charge >= 0.3 is 0 Å². The van der Waals surface area contributed by atoms with E-state index in [9.17, 15) is 0 Å². The number of ether oxygens (including phenoxy) is 2. The third kappa shape index (κ3) is 3.46. The Hall–Kier alpha value is -0.0800. The summed E-state index contributed by atoms with van der Waals surface area (Å²) in [7, 11) is 0. The molecule has 1 atom stereocenters. The van der Waals surface area contributed by atoms with Crippen molar-refractivity contribution in [3.63, 3.8) is 0 Å². The van der Waals surface area contributed by atoms with E-state index in [1.54, 1.807) is 0 Å². The Morgan fingerprint density at radius 2 is 1.75 bits per heavy atom. The molecule has 2 nitrogen and oxygen atoms in total. The van der Waals surface area contributed by atoms with Crippen LogP contribution in [0.4, 0.5) is 0 Å². The molecule has 2 fully saturated rings. The van der Waals surface area contributed by atoms with E-state index in [0.29, 0.717) is 6.10 Å². The van der Waals surface area contributed by atoms with Crippen LogP contribution in [0.1, 0.15) is 58.8 Å². The number of rotatable bonds is 3. The first-order valence-corrected chi connectivity index (χ1v) is 7.03. The molecule has 0 aromatic rings. The molecule has 1 unspecified atom stereocenters. The quantitative estimate of drug-likeness (QED) is 0.729. The predicted molar refractivity (Wildman–Crippen MR) is 65.3 cm³/mol. The molecule has 2 aliphatic rings. The molecule has 0 aromatic carbocycles. The van der Waals surface area contributed by atoms with Crippen LogP contribution in [0.5, 0.6) is 0 Å². The normalized spacial score (nSPS) is 36.6. The molecule has 0 radical (unpaired) electrons. The van der Waals surface area contributed by atoms with Crippen molar-refractivity contribution in [2.24, 2.45) is 11.8 Å². The third-order valence-corrected chi connectivity index (χ3v) is 4.14. The van der Waals surface area contributed by atoms with Crippen LogP contribution >= 0.6 is 0 Å². The molecular formula is C14H26O2. The van der Waals surface area contributed by atoms with E-state index in [2.05, 4.69) is 13.8 Å². The third-order valence-electron chi connectivity index (χ3n) is 4.14. The second kappa shape index (κ2) is 6.02. The Labute approximate surface area is 99.7 Å². The average molecular weight is 226 g/mol. The summed E-state index contributed by atoms with van der Waals surface area (Å²) in [6.07, 6.45) is 9.32. The largest absolute Gasteiger partial charge is 0.353 e. The van der Waals surface area contributed by atoms with Gasteiger partial charge in [-0.1, -0.05) is 13.8 Å². The first-order valence-electron chi connectivity index (χ1n) is 7.03. The SMILES string of the molecule is CC(C)C1CCC(OC2CCCCO2)CC1. The lowest BCUT2D eigenvalue weighted by atomic mass is 9.80. The number of hydrogen-bond donors (Lipinski definition) is 0. The van der Waals surface area contributed by atoms with Crippen molar-refractivity contribution < 1.29 is 9.47 Å². The molecular weight excluding hydrogens is 200 g/mol. The van der Waals surface area contributed by atoms with E-state index >= 15 is 0 Å². The van der Waals surface area contributed by atoms with E-state index in [1.807, 2.05) is 0 Å². The molecule has 2 rings (SSSR count). The highest BCUT2D eigenvalue weighted by Crippen LogP contribution is 2.32. The van der Waals surface area contributed by atoms with Gasteiger partial charge in [0.25, 0.3) is 0 Å². The lowest BCUT2D eigenvalue weighted by molar-refractivity contribution is -0.195. The molecule has 0 aromatic heterocycles. The van der Waals surface area contributed by atoms with Gasteiger partial charge in [-0.3, -0.25) is 0 Å². The molecule has 16 heavy (non-hydrogen) atoms. The van der Waals surface area contributed by atoms with E-state index < -0.39 is 0 Å². The van der Waals surface area contributed by atoms with Gasteiger partial charge in [-0.2, -0.15) is 0 Å². The van der Waals surface area contributed by atoms with Gasteiger partial charge in [0.15, 0.2) is 6.29 Å². The van der Waals surface area contributed by atoms with E-state index in [1.165, 1.54) is 38.5 Å². The monoisotopic (exact) mass is 226 g/mol. The summed E-state index contributed by atoms with van der Waals surface area (Å²) >= 11 is 0. The van der Waals surface area contributed by atoms with Crippen molar-refractivity contribution in [1.82, 2.24) is 0 Å². The van der Waals surface area contributed by atoms with Crippen LogP contribution in [-0.4, -0.2) is 19.0 Å². The summed E-state index contributed by atoms with van der Waals surface area (Å²) in [5.74, 6) is 1.76. The molecule has 1 saturated carbocycles. The van der Waals surface area contributed by atoms with Crippen LogP contribution < -0.4 is 0 Å². The summed E-state index contributed by atoms with van der Waals surface area (Å²) in [5, 5.41) is 0. The zero-order valence-corrected chi connectivity index (χ0v) is 10.8. The molecule has 1 aliphatic carbocycles. The van der Waals surface area contributed by atoms with Gasteiger partial charge in [-0.05, 0) is 56.8 Å². The fourth-order valence-corrected chi connectivity index (χ4v) is 2.92. The van der Waals surface area contributed by atoms with Gasteiger partial charge in [0.05, 0.1) is 6.10 Å². The molecule has 1 saturated heterocycles. The van der Waals surface area contributed by atoms with Gasteiger partial charge < -0.3 is 9.47 Å². The minimum absolute atomic E-state index is 0.106. The minimum atomic E-state index is 0.106. The fraction of sp³-hybridized carbons (Fsp3) is 1.00. The maximum atomic E-state index is 6.04. The number of hydrogen-bond acceptors (Lipinski definition) is 2. The first-order chi connectivity index (χ1) is 7.75. The van der Waals surface area contributed by atoms with Crippen molar-refractivity contribution in [2.75, 3.05) is 6.61 Å². The van der Waals surface area contributed by atoms with Crippen molar-refractivity contribution in [2.45, 2.75) is 71.2 Å². The lowest BCUT2D eigenvalue weighted by Gasteiger charge is -2.34. The summed E-state index contributed by atoms with van der Waals surface area (Å²) in [5.41, 5.74) is 0. The average Bonchev–Trinajstić information content (AvgIpc) is 2.31. The highest BCUT2D eigenvalue weighted by atomic mass is 16.7. The van der Waals surface area contributed by atoms with Crippen LogP contribution in [-0.2, 0) is 9.47 Å². The van der Waals surface area contributed by atoms with E-state index in [4.69, 9.17) is 9.47 Å². The van der Waals surface area contributed by atoms with E-state index in [-0.39, 0.29) is 6.29 Å². The topological polar surface area (TPSA) is 18.5 Å². The van der Waals surface area contributed by atoms with Gasteiger partial charge in [-0.15, -0.1) is 0 Å². The molecule has 0 bridgehead atoms. The summed E-state index contributed by atoms with van der Waals surface area (Å²) < 4.78 is 11.7. The molecule has 2 heteroatoms. The fourth-order valence-electron chi connectivity index (χ4n) is 2.92. The van der Waals surface area contributed by atoms with Crippen molar-refractivity contribution in [3.8, 4) is 0 Å². The maximum Gasteiger partial charge on any atom is 0.157 e. The zero-order chi connectivity index (χ0) is 11.4. The smallest absolute Gasteiger partial charge is 0.157 e. The highest BCUT2D eigenvalue weighted by molar-refractivity contribution is 4.75. The van der Waals surface area contributed by atoms with Crippen LogP contribution in [0.25, 0.3) is 0 Å². The summed E-state index contributed by atoms with van der Waals surface area (Å²) in [6, 6.07) is 0. The van der Waals surface area contributed by atoms with Crippen molar-refractivity contribution in [3.05, 3.63) is 0 Å². The molecule has 1 aliphatic heterocycles. The van der Waals surface area contributed by atoms with Gasteiger partial charge in [0.1, 0.15) is 0 Å². The van der Waals surface area contributed by atoms with Gasteiger partial charge in [0.2, 0.25) is 0 Å².